The van der Waals surface area contributed by atoms with Crippen LogP contribution in [-0.2, 0) is 11.2 Å². The third-order valence-electron chi connectivity index (χ3n) is 2.78. The molecule has 0 heterocycles. The van der Waals surface area contributed by atoms with Gasteiger partial charge in [0.25, 0.3) is 5.91 Å². The smallest absolute Gasteiger partial charge is 0.326 e. The van der Waals surface area contributed by atoms with E-state index in [0.29, 0.717) is 12.0 Å². The number of hydrogen-bond acceptors (Lipinski definition) is 3. The van der Waals surface area contributed by atoms with Gasteiger partial charge in [0.1, 0.15) is 6.04 Å². The maximum absolute atomic E-state index is 12.0. The second-order valence-corrected chi connectivity index (χ2v) is 5.03. The molecule has 0 aliphatic rings. The Balaban J connectivity index is 2.81. The summed E-state index contributed by atoms with van der Waals surface area (Å²) in [7, 11) is 0. The Labute approximate surface area is 118 Å². The van der Waals surface area contributed by atoms with E-state index in [-0.39, 0.29) is 12.3 Å². The molecule has 0 saturated heterocycles. The fourth-order valence-corrected chi connectivity index (χ4v) is 1.85. The van der Waals surface area contributed by atoms with Crippen LogP contribution >= 0.6 is 0 Å². The number of benzene rings is 1. The lowest BCUT2D eigenvalue weighted by Gasteiger charge is -2.16. The van der Waals surface area contributed by atoms with Crippen molar-refractivity contribution in [2.45, 2.75) is 32.7 Å². The van der Waals surface area contributed by atoms with Gasteiger partial charge in [-0.1, -0.05) is 26.0 Å². The molecule has 2 N–H and O–H groups in total. The molecule has 20 heavy (non-hydrogen) atoms. The van der Waals surface area contributed by atoms with Crippen molar-refractivity contribution >= 4 is 11.9 Å². The highest BCUT2D eigenvalue weighted by Crippen LogP contribution is 2.09. The molecule has 0 aromatic heterocycles. The number of carbonyl (C=O) groups is 2. The van der Waals surface area contributed by atoms with E-state index in [1.165, 1.54) is 0 Å². The fraction of sp³-hybridized carbons (Fsp3) is 0.400. The van der Waals surface area contributed by atoms with E-state index in [2.05, 4.69) is 5.32 Å². The van der Waals surface area contributed by atoms with E-state index in [1.807, 2.05) is 19.9 Å². The zero-order valence-corrected chi connectivity index (χ0v) is 11.6. The molecule has 0 aliphatic carbocycles. The van der Waals surface area contributed by atoms with E-state index in [1.54, 1.807) is 24.3 Å². The highest BCUT2D eigenvalue weighted by atomic mass is 16.4. The first-order valence-electron chi connectivity index (χ1n) is 6.43. The normalized spacial score (nSPS) is 11.7. The molecular formula is C15H18N2O3. The average molecular weight is 274 g/mol. The summed E-state index contributed by atoms with van der Waals surface area (Å²) >= 11 is 0. The predicted molar refractivity (Wildman–Crippen MR) is 74.1 cm³/mol. The van der Waals surface area contributed by atoms with Crippen LogP contribution in [0.1, 0.15) is 36.2 Å². The van der Waals surface area contributed by atoms with Crippen molar-refractivity contribution in [3.05, 3.63) is 35.4 Å². The molecule has 106 valence electrons. The molecule has 0 aliphatic heterocycles. The number of aliphatic carboxylic acids is 1. The molecule has 5 heteroatoms. The number of nitrogens with one attached hydrogen (secondary N) is 1. The van der Waals surface area contributed by atoms with Gasteiger partial charge in [-0.05, 0) is 30.0 Å². The van der Waals surface area contributed by atoms with E-state index < -0.39 is 17.9 Å². The average Bonchev–Trinajstić information content (AvgIpc) is 2.38. The minimum Gasteiger partial charge on any atom is -0.480 e. The summed E-state index contributed by atoms with van der Waals surface area (Å²) in [4.78, 5) is 23.2. The van der Waals surface area contributed by atoms with Gasteiger partial charge in [-0.3, -0.25) is 4.79 Å². The van der Waals surface area contributed by atoms with E-state index in [9.17, 15) is 9.59 Å². The first kappa shape index (κ1) is 15.7. The quantitative estimate of drug-likeness (QED) is 0.830. The first-order valence-corrected chi connectivity index (χ1v) is 6.43. The monoisotopic (exact) mass is 274 g/mol. The van der Waals surface area contributed by atoms with Crippen LogP contribution in [0.4, 0.5) is 0 Å². The zero-order valence-electron chi connectivity index (χ0n) is 11.6. The number of amides is 1. The highest BCUT2D eigenvalue weighted by Gasteiger charge is 2.21. The molecule has 1 amide bonds. The second-order valence-electron chi connectivity index (χ2n) is 5.03. The van der Waals surface area contributed by atoms with Gasteiger partial charge in [0.2, 0.25) is 0 Å². The summed E-state index contributed by atoms with van der Waals surface area (Å²) in [5.74, 6) is -1.31. The van der Waals surface area contributed by atoms with Gasteiger partial charge in [0.15, 0.2) is 0 Å². The summed E-state index contributed by atoms with van der Waals surface area (Å²) in [6.45, 7) is 3.80. The van der Waals surface area contributed by atoms with E-state index in [0.717, 1.165) is 5.56 Å². The van der Waals surface area contributed by atoms with E-state index >= 15 is 0 Å². The lowest BCUT2D eigenvalue weighted by Crippen LogP contribution is -2.41. The van der Waals surface area contributed by atoms with Crippen LogP contribution in [-0.4, -0.2) is 23.0 Å². The standard InChI is InChI=1S/C15H18N2O3/c1-10(2)8-13(15(19)20)17-14(18)12-5-3-4-11(9-12)6-7-16/h3-5,9-10,13H,6,8H2,1-2H3,(H,17,18)(H,19,20)/t13-/m0/s1. The topological polar surface area (TPSA) is 90.2 Å². The van der Waals surface area contributed by atoms with Crippen LogP contribution < -0.4 is 5.32 Å². The Kier molecular flexibility index (Phi) is 5.73. The minimum atomic E-state index is -1.04. The van der Waals surface area contributed by atoms with Crippen molar-refractivity contribution in [3.63, 3.8) is 0 Å². The van der Waals surface area contributed by atoms with Crippen molar-refractivity contribution in [3.8, 4) is 6.07 Å². The van der Waals surface area contributed by atoms with Crippen LogP contribution in [0.5, 0.6) is 0 Å². The predicted octanol–water partition coefficient (Wildman–Crippen LogP) is 1.98. The Hall–Kier alpha value is -2.35. The van der Waals surface area contributed by atoms with Crippen molar-refractivity contribution in [1.82, 2.24) is 5.32 Å². The fourth-order valence-electron chi connectivity index (χ4n) is 1.85. The first-order chi connectivity index (χ1) is 9.43. The number of carbonyl (C=O) groups excluding carboxylic acids is 1. The molecule has 0 bridgehead atoms. The van der Waals surface area contributed by atoms with Gasteiger partial charge < -0.3 is 10.4 Å². The number of nitrogens with zero attached hydrogens (tertiary/aromatic N) is 1. The summed E-state index contributed by atoms with van der Waals surface area (Å²) in [6, 6.07) is 7.75. The maximum Gasteiger partial charge on any atom is 0.326 e. The SMILES string of the molecule is CC(C)C[C@H](NC(=O)c1cccc(CC#N)c1)C(=O)O. The van der Waals surface area contributed by atoms with Crippen molar-refractivity contribution < 1.29 is 14.7 Å². The number of hydrogen-bond donors (Lipinski definition) is 2. The lowest BCUT2D eigenvalue weighted by atomic mass is 10.0. The summed E-state index contributed by atoms with van der Waals surface area (Å²) in [5, 5.41) is 20.2. The molecule has 1 atom stereocenters. The van der Waals surface area contributed by atoms with Crippen LogP contribution in [0.15, 0.2) is 24.3 Å². The maximum atomic E-state index is 12.0. The molecule has 0 spiro atoms. The third kappa shape index (κ3) is 4.73. The largest absolute Gasteiger partial charge is 0.480 e. The summed E-state index contributed by atoms with van der Waals surface area (Å²) < 4.78 is 0. The third-order valence-corrected chi connectivity index (χ3v) is 2.78. The number of carboxylic acids is 1. The Morgan fingerprint density at radius 2 is 2.10 bits per heavy atom. The molecule has 0 unspecified atom stereocenters. The van der Waals surface area contributed by atoms with Gasteiger partial charge in [0.05, 0.1) is 12.5 Å². The van der Waals surface area contributed by atoms with Gasteiger partial charge in [-0.15, -0.1) is 0 Å². The summed E-state index contributed by atoms with van der Waals surface area (Å²) in [5.41, 5.74) is 1.10. The van der Waals surface area contributed by atoms with Crippen LogP contribution in [0, 0.1) is 17.2 Å². The van der Waals surface area contributed by atoms with Crippen LogP contribution in [0.25, 0.3) is 0 Å². The molecule has 1 rings (SSSR count). The Bertz CT molecular complexity index is 532. The zero-order chi connectivity index (χ0) is 15.1. The van der Waals surface area contributed by atoms with Gasteiger partial charge in [-0.2, -0.15) is 5.26 Å². The van der Waals surface area contributed by atoms with Crippen molar-refractivity contribution in [2.75, 3.05) is 0 Å². The van der Waals surface area contributed by atoms with E-state index in [4.69, 9.17) is 10.4 Å². The van der Waals surface area contributed by atoms with Gasteiger partial charge >= 0.3 is 5.97 Å². The summed E-state index contributed by atoms with van der Waals surface area (Å²) in [6.07, 6.45) is 0.592. The second kappa shape index (κ2) is 7.29. The van der Waals surface area contributed by atoms with Crippen molar-refractivity contribution in [1.29, 1.82) is 5.26 Å². The van der Waals surface area contributed by atoms with Gasteiger partial charge in [0, 0.05) is 5.56 Å². The van der Waals surface area contributed by atoms with Crippen LogP contribution in [0.3, 0.4) is 0 Å². The molecule has 5 nitrogen and oxygen atoms in total. The molecule has 1 aromatic rings. The molecule has 0 saturated carbocycles. The van der Waals surface area contributed by atoms with Crippen molar-refractivity contribution in [2.24, 2.45) is 5.92 Å². The number of carboxylic acid groups (broad SMARTS) is 1. The molecular weight excluding hydrogens is 256 g/mol. The van der Waals surface area contributed by atoms with Gasteiger partial charge in [-0.25, -0.2) is 4.79 Å². The molecule has 0 radical (unpaired) electrons. The Morgan fingerprint density at radius 1 is 1.40 bits per heavy atom. The Morgan fingerprint density at radius 3 is 2.65 bits per heavy atom. The highest BCUT2D eigenvalue weighted by molar-refractivity contribution is 5.96. The lowest BCUT2D eigenvalue weighted by molar-refractivity contribution is -0.139. The number of nitriles is 1. The van der Waals surface area contributed by atoms with Crippen LogP contribution in [0.2, 0.25) is 0 Å². The molecule has 1 aromatic carbocycles. The minimum absolute atomic E-state index is 0.168. The number of rotatable bonds is 6. The molecule has 0 fully saturated rings.